The van der Waals surface area contributed by atoms with Crippen LogP contribution in [0.3, 0.4) is 0 Å². The molecule has 0 fully saturated rings. The smallest absolute Gasteiger partial charge is 0.194 e. The number of benzene rings is 1. The van der Waals surface area contributed by atoms with Gasteiger partial charge in [-0.25, -0.2) is 4.98 Å². The maximum Gasteiger partial charge on any atom is 0.194 e. The largest absolute Gasteiger partial charge is 0.364 e. The summed E-state index contributed by atoms with van der Waals surface area (Å²) in [4.78, 5) is 15.3. The van der Waals surface area contributed by atoms with E-state index in [1.165, 1.54) is 46.1 Å². The van der Waals surface area contributed by atoms with Gasteiger partial charge in [0.15, 0.2) is 5.96 Å². The van der Waals surface area contributed by atoms with Gasteiger partial charge in [0.1, 0.15) is 5.01 Å². The SMILES string of the molecule is CN=C(NCc1ccc(N2CC=CC2)cc1)N(C)Cc1nc2c(s1)CCCC2.I. The normalized spacial score (nSPS) is 15.8. The van der Waals surface area contributed by atoms with Crippen LogP contribution < -0.4 is 10.2 Å². The summed E-state index contributed by atoms with van der Waals surface area (Å²) in [7, 11) is 3.92. The van der Waals surface area contributed by atoms with Gasteiger partial charge >= 0.3 is 0 Å². The molecule has 0 unspecified atom stereocenters. The number of rotatable bonds is 5. The molecule has 0 radical (unpaired) electrons. The molecule has 5 nitrogen and oxygen atoms in total. The summed E-state index contributed by atoms with van der Waals surface area (Å²) in [5.41, 5.74) is 3.87. The molecule has 0 saturated heterocycles. The number of fused-ring (bicyclic) bond motifs is 1. The zero-order valence-corrected chi connectivity index (χ0v) is 20.4. The molecule has 0 amide bonds. The molecule has 2 heterocycles. The number of nitrogens with one attached hydrogen (secondary N) is 1. The van der Waals surface area contributed by atoms with E-state index in [1.807, 2.05) is 18.4 Å². The van der Waals surface area contributed by atoms with Crippen LogP contribution in [0.15, 0.2) is 41.4 Å². The number of halogens is 1. The van der Waals surface area contributed by atoms with Gasteiger partial charge in [-0.15, -0.1) is 35.3 Å². The molecular formula is C22H30IN5S. The Bertz CT molecular complexity index is 827. The van der Waals surface area contributed by atoms with Crippen LogP contribution in [0.1, 0.15) is 34.0 Å². The Labute approximate surface area is 195 Å². The van der Waals surface area contributed by atoms with E-state index in [4.69, 9.17) is 4.98 Å². The minimum atomic E-state index is 0. The predicted octanol–water partition coefficient (Wildman–Crippen LogP) is 4.22. The molecule has 1 aromatic heterocycles. The highest BCUT2D eigenvalue weighted by Gasteiger charge is 2.17. The highest BCUT2D eigenvalue weighted by atomic mass is 127. The third-order valence-electron chi connectivity index (χ3n) is 5.41. The van der Waals surface area contributed by atoms with Gasteiger partial charge in [-0.05, 0) is 43.4 Å². The van der Waals surface area contributed by atoms with E-state index in [9.17, 15) is 0 Å². The van der Waals surface area contributed by atoms with E-state index in [0.29, 0.717) is 0 Å². The molecule has 4 rings (SSSR count). The number of hydrogen-bond acceptors (Lipinski definition) is 4. The quantitative estimate of drug-likeness (QED) is 0.276. The standard InChI is InChI=1S/C22H29N5S.HI/c1-23-22(26(2)16-21-25-19-7-3-4-8-20(19)28-21)24-15-17-9-11-18(12-10-17)27-13-5-6-14-27;/h5-6,9-12H,3-4,7-8,13-16H2,1-2H3,(H,23,24);1H. The molecule has 29 heavy (non-hydrogen) atoms. The Balaban J connectivity index is 0.00000240. The number of aliphatic imine (C=N–C) groups is 1. The molecule has 0 bridgehead atoms. The fourth-order valence-electron chi connectivity index (χ4n) is 3.83. The highest BCUT2D eigenvalue weighted by Crippen LogP contribution is 2.27. The van der Waals surface area contributed by atoms with Gasteiger partial charge in [0, 0.05) is 44.3 Å². The van der Waals surface area contributed by atoms with Crippen molar-refractivity contribution >= 4 is 47.0 Å². The molecule has 2 aliphatic rings. The molecule has 2 aromatic rings. The molecule has 156 valence electrons. The second-order valence-electron chi connectivity index (χ2n) is 7.48. The summed E-state index contributed by atoms with van der Waals surface area (Å²) in [6, 6.07) is 8.80. The lowest BCUT2D eigenvalue weighted by Gasteiger charge is -2.21. The number of aromatic nitrogens is 1. The number of anilines is 1. The van der Waals surface area contributed by atoms with Gasteiger partial charge in [-0.2, -0.15) is 0 Å². The van der Waals surface area contributed by atoms with Crippen LogP contribution in [0.5, 0.6) is 0 Å². The maximum atomic E-state index is 4.86. The van der Waals surface area contributed by atoms with E-state index in [0.717, 1.165) is 38.6 Å². The van der Waals surface area contributed by atoms with Gasteiger partial charge in [-0.3, -0.25) is 4.99 Å². The first kappa shape index (κ1) is 22.1. The van der Waals surface area contributed by atoms with Crippen LogP contribution in [0.25, 0.3) is 0 Å². The fourth-order valence-corrected chi connectivity index (χ4v) is 5.04. The van der Waals surface area contributed by atoms with Gasteiger partial charge in [0.2, 0.25) is 0 Å². The first-order valence-electron chi connectivity index (χ1n) is 10.1. The summed E-state index contributed by atoms with van der Waals surface area (Å²) >= 11 is 1.87. The number of nitrogens with zero attached hydrogens (tertiary/aromatic N) is 4. The van der Waals surface area contributed by atoms with E-state index in [2.05, 4.69) is 63.6 Å². The lowest BCUT2D eigenvalue weighted by Crippen LogP contribution is -2.38. The minimum absolute atomic E-state index is 0. The van der Waals surface area contributed by atoms with Crippen LogP contribution in [0, 0.1) is 0 Å². The number of thiazole rings is 1. The summed E-state index contributed by atoms with van der Waals surface area (Å²) in [5.74, 6) is 0.904. The Kier molecular flexibility index (Phi) is 7.94. The van der Waals surface area contributed by atoms with Gasteiger partial charge in [0.05, 0.1) is 12.2 Å². The highest BCUT2D eigenvalue weighted by molar-refractivity contribution is 14.0. The Morgan fingerprint density at radius 2 is 1.90 bits per heavy atom. The average Bonchev–Trinajstić information content (AvgIpc) is 3.38. The number of hydrogen-bond donors (Lipinski definition) is 1. The van der Waals surface area contributed by atoms with Crippen molar-refractivity contribution < 1.29 is 0 Å². The van der Waals surface area contributed by atoms with Gasteiger partial charge in [0.25, 0.3) is 0 Å². The summed E-state index contributed by atoms with van der Waals surface area (Å²) < 4.78 is 0. The van der Waals surface area contributed by atoms with Crippen molar-refractivity contribution in [3.8, 4) is 0 Å². The van der Waals surface area contributed by atoms with E-state index in [-0.39, 0.29) is 24.0 Å². The second-order valence-corrected chi connectivity index (χ2v) is 8.65. The molecule has 0 spiro atoms. The van der Waals surface area contributed by atoms with Crippen LogP contribution in [0.4, 0.5) is 5.69 Å². The van der Waals surface area contributed by atoms with Gasteiger partial charge in [-0.1, -0.05) is 24.3 Å². The van der Waals surface area contributed by atoms with Crippen molar-refractivity contribution in [3.05, 3.63) is 57.6 Å². The van der Waals surface area contributed by atoms with Crippen molar-refractivity contribution in [2.75, 3.05) is 32.1 Å². The maximum absolute atomic E-state index is 4.86. The summed E-state index contributed by atoms with van der Waals surface area (Å²) in [6.45, 7) is 3.59. The molecule has 1 N–H and O–H groups in total. The molecule has 1 aliphatic carbocycles. The fraction of sp³-hybridized carbons (Fsp3) is 0.455. The third kappa shape index (κ3) is 5.51. The van der Waals surface area contributed by atoms with Gasteiger partial charge < -0.3 is 15.1 Å². The van der Waals surface area contributed by atoms with Crippen molar-refractivity contribution in [1.29, 1.82) is 0 Å². The van der Waals surface area contributed by atoms with Crippen LogP contribution >= 0.6 is 35.3 Å². The average molecular weight is 523 g/mol. The molecular weight excluding hydrogens is 493 g/mol. The topological polar surface area (TPSA) is 43.8 Å². The van der Waals surface area contributed by atoms with Crippen LogP contribution in [-0.4, -0.2) is 43.0 Å². The summed E-state index contributed by atoms with van der Waals surface area (Å²) in [5, 5.41) is 4.68. The lowest BCUT2D eigenvalue weighted by molar-refractivity contribution is 0.474. The number of guanidine groups is 1. The zero-order valence-electron chi connectivity index (χ0n) is 17.2. The molecule has 0 saturated carbocycles. The predicted molar refractivity (Wildman–Crippen MR) is 134 cm³/mol. The Morgan fingerprint density at radius 1 is 1.17 bits per heavy atom. The van der Waals surface area contributed by atoms with Crippen molar-refractivity contribution in [1.82, 2.24) is 15.2 Å². The molecule has 7 heteroatoms. The third-order valence-corrected chi connectivity index (χ3v) is 6.55. The van der Waals surface area contributed by atoms with Crippen LogP contribution in [-0.2, 0) is 25.9 Å². The van der Waals surface area contributed by atoms with E-state index >= 15 is 0 Å². The van der Waals surface area contributed by atoms with Crippen molar-refractivity contribution in [2.45, 2.75) is 38.8 Å². The molecule has 1 aromatic carbocycles. The Morgan fingerprint density at radius 3 is 2.59 bits per heavy atom. The summed E-state index contributed by atoms with van der Waals surface area (Å²) in [6.07, 6.45) is 9.37. The number of aryl methyl sites for hydroxylation is 2. The Hall–Kier alpha value is -1.61. The minimum Gasteiger partial charge on any atom is -0.364 e. The zero-order chi connectivity index (χ0) is 19.3. The first-order chi connectivity index (χ1) is 13.7. The second kappa shape index (κ2) is 10.4. The lowest BCUT2D eigenvalue weighted by atomic mass is 10.0. The van der Waals surface area contributed by atoms with E-state index < -0.39 is 0 Å². The molecule has 0 atom stereocenters. The van der Waals surface area contributed by atoms with Crippen LogP contribution in [0.2, 0.25) is 0 Å². The monoisotopic (exact) mass is 523 g/mol. The van der Waals surface area contributed by atoms with E-state index in [1.54, 1.807) is 0 Å². The molecule has 1 aliphatic heterocycles. The van der Waals surface area contributed by atoms with Crippen molar-refractivity contribution in [2.24, 2.45) is 4.99 Å². The first-order valence-corrected chi connectivity index (χ1v) is 10.9. The van der Waals surface area contributed by atoms with Crippen molar-refractivity contribution in [3.63, 3.8) is 0 Å².